The number of rotatable bonds is 0. The fraction of sp³-hybridized carbons (Fsp3) is 0.214. The first-order chi connectivity index (χ1) is 9.27. The molecule has 1 aromatic carbocycles. The molecule has 0 N–H and O–H groups in total. The van der Waals surface area contributed by atoms with E-state index in [9.17, 15) is 9.59 Å². The highest BCUT2D eigenvalue weighted by molar-refractivity contribution is 6.20. The van der Waals surface area contributed by atoms with Crippen molar-refractivity contribution in [1.82, 2.24) is 9.55 Å². The molecule has 4 rings (SSSR count). The molecule has 2 aliphatic rings. The molecule has 19 heavy (non-hydrogen) atoms. The topological polar surface area (TPSA) is 61.2 Å². The maximum atomic E-state index is 12.5. The number of nitrogens with zero attached hydrogens (tertiary/aromatic N) is 2. The first kappa shape index (κ1) is 10.6. The molecule has 0 fully saturated rings. The number of hydrogen-bond donors (Lipinski definition) is 0. The summed E-state index contributed by atoms with van der Waals surface area (Å²) in [6.45, 7) is 1.28. The minimum absolute atomic E-state index is 0.137. The summed E-state index contributed by atoms with van der Waals surface area (Å²) in [4.78, 5) is 29.1. The van der Waals surface area contributed by atoms with Gasteiger partial charge in [-0.3, -0.25) is 14.2 Å². The number of aromatic nitrogens is 2. The molecule has 0 spiro atoms. The highest BCUT2D eigenvalue weighted by Gasteiger charge is 2.32. The fourth-order valence-corrected chi connectivity index (χ4v) is 2.69. The third-order valence-electron chi connectivity index (χ3n) is 3.59. The van der Waals surface area contributed by atoms with Gasteiger partial charge in [0.05, 0.1) is 18.7 Å². The normalized spacial score (nSPS) is 15.9. The van der Waals surface area contributed by atoms with E-state index < -0.39 is 0 Å². The molecule has 2 aromatic rings. The second kappa shape index (κ2) is 3.61. The van der Waals surface area contributed by atoms with Crippen LogP contribution in [0.15, 0.2) is 29.1 Å². The smallest absolute Gasteiger partial charge is 0.262 e. The van der Waals surface area contributed by atoms with E-state index in [1.807, 2.05) is 6.07 Å². The molecule has 2 heterocycles. The molecule has 0 saturated carbocycles. The molecule has 1 aliphatic carbocycles. The van der Waals surface area contributed by atoms with Crippen LogP contribution in [-0.4, -0.2) is 21.9 Å². The molecule has 0 atom stereocenters. The van der Waals surface area contributed by atoms with E-state index in [1.165, 1.54) is 0 Å². The van der Waals surface area contributed by atoms with Crippen LogP contribution in [0.2, 0.25) is 0 Å². The van der Waals surface area contributed by atoms with Crippen LogP contribution >= 0.6 is 0 Å². The third kappa shape index (κ3) is 1.30. The van der Waals surface area contributed by atoms with E-state index in [0.717, 1.165) is 0 Å². The van der Waals surface area contributed by atoms with E-state index in [-0.39, 0.29) is 23.6 Å². The molecule has 0 unspecified atom stereocenters. The summed E-state index contributed by atoms with van der Waals surface area (Å²) in [5.74, 6) is 0.368. The SMILES string of the molecule is O=C1c2ccccc2-c2c1nc1n(c2=O)CCOC1. The predicted molar refractivity (Wildman–Crippen MR) is 67.0 cm³/mol. The van der Waals surface area contributed by atoms with Crippen LogP contribution in [0, 0.1) is 0 Å². The van der Waals surface area contributed by atoms with E-state index in [1.54, 1.807) is 22.8 Å². The summed E-state index contributed by atoms with van der Waals surface area (Å²) in [5, 5.41) is 0. The average molecular weight is 254 g/mol. The molecule has 1 aromatic heterocycles. The largest absolute Gasteiger partial charge is 0.372 e. The predicted octanol–water partition coefficient (Wildman–Crippen LogP) is 0.985. The standard InChI is InChI=1S/C14H10N2O3/c17-13-9-4-2-1-3-8(9)11-12(13)15-10-7-19-6-5-16(10)14(11)18/h1-4H,5-7H2. The summed E-state index contributed by atoms with van der Waals surface area (Å²) < 4.78 is 6.90. The fourth-order valence-electron chi connectivity index (χ4n) is 2.69. The van der Waals surface area contributed by atoms with Gasteiger partial charge in [0.15, 0.2) is 0 Å². The van der Waals surface area contributed by atoms with Gasteiger partial charge in [0, 0.05) is 11.1 Å². The Balaban J connectivity index is 2.10. The van der Waals surface area contributed by atoms with Crippen molar-refractivity contribution in [2.75, 3.05) is 6.61 Å². The van der Waals surface area contributed by atoms with E-state index in [2.05, 4.69) is 4.98 Å². The lowest BCUT2D eigenvalue weighted by Crippen LogP contribution is -2.32. The molecular formula is C14H10N2O3. The molecular weight excluding hydrogens is 244 g/mol. The summed E-state index contributed by atoms with van der Waals surface area (Å²) in [6.07, 6.45) is 0. The van der Waals surface area contributed by atoms with Gasteiger partial charge in [-0.2, -0.15) is 0 Å². The lowest BCUT2D eigenvalue weighted by molar-refractivity contribution is 0.0778. The van der Waals surface area contributed by atoms with Crippen molar-refractivity contribution < 1.29 is 9.53 Å². The van der Waals surface area contributed by atoms with Crippen molar-refractivity contribution in [2.24, 2.45) is 0 Å². The highest BCUT2D eigenvalue weighted by atomic mass is 16.5. The van der Waals surface area contributed by atoms with Gasteiger partial charge in [0.2, 0.25) is 5.78 Å². The van der Waals surface area contributed by atoms with Crippen LogP contribution in [0.4, 0.5) is 0 Å². The third-order valence-corrected chi connectivity index (χ3v) is 3.59. The Morgan fingerprint density at radius 2 is 1.95 bits per heavy atom. The molecule has 5 nitrogen and oxygen atoms in total. The van der Waals surface area contributed by atoms with Gasteiger partial charge >= 0.3 is 0 Å². The first-order valence-electron chi connectivity index (χ1n) is 6.13. The van der Waals surface area contributed by atoms with Gasteiger partial charge in [0.1, 0.15) is 18.1 Å². The molecule has 1 aliphatic heterocycles. The number of carbonyl (C=O) groups is 1. The van der Waals surface area contributed by atoms with Gasteiger partial charge in [-0.15, -0.1) is 0 Å². The van der Waals surface area contributed by atoms with E-state index >= 15 is 0 Å². The Hall–Kier alpha value is -2.27. The Kier molecular flexibility index (Phi) is 2.02. The van der Waals surface area contributed by atoms with Crippen LogP contribution in [0.1, 0.15) is 21.9 Å². The average Bonchev–Trinajstić information content (AvgIpc) is 2.74. The van der Waals surface area contributed by atoms with Gasteiger partial charge in [0.25, 0.3) is 5.56 Å². The van der Waals surface area contributed by atoms with Crippen LogP contribution in [0.3, 0.4) is 0 Å². The molecule has 0 amide bonds. The van der Waals surface area contributed by atoms with Gasteiger partial charge in [-0.25, -0.2) is 4.98 Å². The van der Waals surface area contributed by atoms with Crippen LogP contribution < -0.4 is 5.56 Å². The monoisotopic (exact) mass is 254 g/mol. The summed E-state index contributed by atoms with van der Waals surface area (Å²) in [7, 11) is 0. The minimum atomic E-state index is -0.170. The van der Waals surface area contributed by atoms with Crippen LogP contribution in [0.5, 0.6) is 0 Å². The zero-order valence-electron chi connectivity index (χ0n) is 10.0. The number of benzene rings is 1. The van der Waals surface area contributed by atoms with Crippen LogP contribution in [-0.2, 0) is 17.9 Å². The maximum absolute atomic E-state index is 12.5. The number of carbonyl (C=O) groups excluding carboxylic acids is 1. The molecule has 0 radical (unpaired) electrons. The number of hydrogen-bond acceptors (Lipinski definition) is 4. The van der Waals surface area contributed by atoms with Crippen molar-refractivity contribution >= 4 is 5.78 Å². The van der Waals surface area contributed by atoms with E-state index in [4.69, 9.17) is 4.74 Å². The summed E-state index contributed by atoms with van der Waals surface area (Å²) in [5.41, 5.74) is 1.82. The second-order valence-electron chi connectivity index (χ2n) is 4.64. The first-order valence-corrected chi connectivity index (χ1v) is 6.13. The summed E-state index contributed by atoms with van der Waals surface area (Å²) >= 11 is 0. The molecule has 0 saturated heterocycles. The molecule has 94 valence electrons. The number of ketones is 1. The second-order valence-corrected chi connectivity index (χ2v) is 4.64. The van der Waals surface area contributed by atoms with Gasteiger partial charge in [-0.05, 0) is 0 Å². The highest BCUT2D eigenvalue weighted by Crippen LogP contribution is 2.33. The lowest BCUT2D eigenvalue weighted by Gasteiger charge is -2.18. The van der Waals surface area contributed by atoms with Crippen molar-refractivity contribution in [3.63, 3.8) is 0 Å². The molecule has 0 bridgehead atoms. The number of fused-ring (bicyclic) bond motifs is 4. The maximum Gasteiger partial charge on any atom is 0.262 e. The van der Waals surface area contributed by atoms with Crippen molar-refractivity contribution in [2.45, 2.75) is 13.2 Å². The Bertz CT molecular complexity index is 777. The van der Waals surface area contributed by atoms with Gasteiger partial charge < -0.3 is 4.74 Å². The van der Waals surface area contributed by atoms with Crippen LogP contribution in [0.25, 0.3) is 11.1 Å². The number of ether oxygens (including phenoxy) is 1. The zero-order chi connectivity index (χ0) is 13.0. The van der Waals surface area contributed by atoms with Crippen molar-refractivity contribution in [1.29, 1.82) is 0 Å². The van der Waals surface area contributed by atoms with Crippen molar-refractivity contribution in [3.8, 4) is 11.1 Å². The zero-order valence-corrected chi connectivity index (χ0v) is 10.0. The Morgan fingerprint density at radius 3 is 2.79 bits per heavy atom. The quantitative estimate of drug-likeness (QED) is 0.600. The van der Waals surface area contributed by atoms with E-state index in [0.29, 0.717) is 35.7 Å². The van der Waals surface area contributed by atoms with Crippen molar-refractivity contribution in [3.05, 3.63) is 51.7 Å². The minimum Gasteiger partial charge on any atom is -0.372 e. The lowest BCUT2D eigenvalue weighted by atomic mass is 10.1. The Morgan fingerprint density at radius 1 is 1.16 bits per heavy atom. The summed E-state index contributed by atoms with van der Waals surface area (Å²) in [6, 6.07) is 7.16. The Labute approximate surface area is 108 Å². The van der Waals surface area contributed by atoms with Gasteiger partial charge in [-0.1, -0.05) is 24.3 Å². The molecule has 5 heteroatoms.